The number of amides is 1. The van der Waals surface area contributed by atoms with E-state index >= 15 is 0 Å². The van der Waals surface area contributed by atoms with E-state index < -0.39 is 6.10 Å². The fraction of sp³-hybridized carbons (Fsp3) is 0.333. The molecular weight excluding hydrogens is 286 g/mol. The zero-order valence-electron chi connectivity index (χ0n) is 12.5. The minimum absolute atomic E-state index is 0.308. The molecule has 0 saturated carbocycles. The van der Waals surface area contributed by atoms with E-state index in [2.05, 4.69) is 22.7 Å². The molecule has 0 spiro atoms. The predicted octanol–water partition coefficient (Wildman–Crippen LogP) is 1.75. The Morgan fingerprint density at radius 1 is 1.33 bits per heavy atom. The summed E-state index contributed by atoms with van der Waals surface area (Å²) in [5.74, 6) is 0.361. The number of nitrogens with one attached hydrogen (secondary N) is 3. The van der Waals surface area contributed by atoms with Crippen LogP contribution in [0.5, 0.6) is 5.75 Å². The molecule has 1 rings (SSSR count). The Hall–Kier alpha value is -2.08. The second-order valence-electron chi connectivity index (χ2n) is 4.70. The SMILES string of the molecule is C=CCNC(=S)NNC(=O)C(C)Oc1cc(C)cc(C)c1. The lowest BCUT2D eigenvalue weighted by molar-refractivity contribution is -0.127. The van der Waals surface area contributed by atoms with Gasteiger partial charge >= 0.3 is 0 Å². The molecule has 6 heteroatoms. The van der Waals surface area contributed by atoms with Crippen LogP contribution < -0.4 is 20.9 Å². The molecule has 114 valence electrons. The zero-order chi connectivity index (χ0) is 15.8. The highest BCUT2D eigenvalue weighted by Gasteiger charge is 2.14. The van der Waals surface area contributed by atoms with Crippen LogP contribution in [0.25, 0.3) is 0 Å². The lowest BCUT2D eigenvalue weighted by atomic mass is 10.1. The molecule has 0 bridgehead atoms. The Labute approximate surface area is 130 Å². The van der Waals surface area contributed by atoms with Crippen LogP contribution in [0, 0.1) is 13.8 Å². The van der Waals surface area contributed by atoms with Crippen LogP contribution in [-0.2, 0) is 4.79 Å². The third-order valence-corrected chi connectivity index (χ3v) is 2.83. The summed E-state index contributed by atoms with van der Waals surface area (Å²) in [7, 11) is 0. The summed E-state index contributed by atoms with van der Waals surface area (Å²) in [6, 6.07) is 5.82. The van der Waals surface area contributed by atoms with Gasteiger partial charge in [0.25, 0.3) is 5.91 Å². The number of thiocarbonyl (C=S) groups is 1. The van der Waals surface area contributed by atoms with Gasteiger partial charge in [-0.05, 0) is 56.2 Å². The number of carbonyl (C=O) groups excluding carboxylic acids is 1. The molecule has 1 aromatic rings. The first kappa shape index (κ1) is 17.0. The van der Waals surface area contributed by atoms with E-state index in [-0.39, 0.29) is 5.91 Å². The van der Waals surface area contributed by atoms with Crippen molar-refractivity contribution in [3.63, 3.8) is 0 Å². The largest absolute Gasteiger partial charge is 0.481 e. The molecule has 0 aliphatic carbocycles. The molecule has 0 aliphatic heterocycles. The molecule has 0 fully saturated rings. The van der Waals surface area contributed by atoms with Crippen molar-refractivity contribution >= 4 is 23.2 Å². The van der Waals surface area contributed by atoms with Gasteiger partial charge in [-0.25, -0.2) is 0 Å². The summed E-state index contributed by atoms with van der Waals surface area (Å²) >= 11 is 4.96. The number of hydrazine groups is 1. The molecule has 5 nitrogen and oxygen atoms in total. The predicted molar refractivity (Wildman–Crippen MR) is 88.1 cm³/mol. The molecule has 0 saturated heterocycles. The molecule has 1 amide bonds. The van der Waals surface area contributed by atoms with Crippen LogP contribution in [-0.4, -0.2) is 23.7 Å². The maximum Gasteiger partial charge on any atom is 0.279 e. The van der Waals surface area contributed by atoms with Crippen LogP contribution in [0.4, 0.5) is 0 Å². The normalized spacial score (nSPS) is 11.2. The molecule has 1 aromatic carbocycles. The van der Waals surface area contributed by atoms with E-state index in [0.717, 1.165) is 11.1 Å². The molecule has 21 heavy (non-hydrogen) atoms. The van der Waals surface area contributed by atoms with E-state index in [1.54, 1.807) is 13.0 Å². The van der Waals surface area contributed by atoms with Gasteiger partial charge in [-0.3, -0.25) is 15.6 Å². The zero-order valence-corrected chi connectivity index (χ0v) is 13.3. The lowest BCUT2D eigenvalue weighted by Gasteiger charge is -2.16. The highest BCUT2D eigenvalue weighted by atomic mass is 32.1. The van der Waals surface area contributed by atoms with E-state index in [4.69, 9.17) is 17.0 Å². The lowest BCUT2D eigenvalue weighted by Crippen LogP contribution is -2.50. The van der Waals surface area contributed by atoms with Crippen LogP contribution in [0.2, 0.25) is 0 Å². The van der Waals surface area contributed by atoms with E-state index in [1.165, 1.54) is 0 Å². The van der Waals surface area contributed by atoms with Gasteiger partial charge in [0.2, 0.25) is 0 Å². The fourth-order valence-electron chi connectivity index (χ4n) is 1.69. The van der Waals surface area contributed by atoms with Crippen LogP contribution in [0.1, 0.15) is 18.1 Å². The minimum atomic E-state index is -0.638. The molecular formula is C15H21N3O2S. The smallest absolute Gasteiger partial charge is 0.279 e. The maximum absolute atomic E-state index is 11.9. The molecule has 0 aliphatic rings. The number of carbonyl (C=O) groups is 1. The van der Waals surface area contributed by atoms with Gasteiger partial charge in [-0.15, -0.1) is 6.58 Å². The quantitative estimate of drug-likeness (QED) is 0.439. The average molecular weight is 307 g/mol. The first-order chi connectivity index (χ1) is 9.92. The standard InChI is InChI=1S/C15H21N3O2S/c1-5-6-16-15(21)18-17-14(19)12(4)20-13-8-10(2)7-11(3)9-13/h5,7-9,12H,1,6H2,2-4H3,(H,17,19)(H2,16,18,21). The number of hydrogen-bond acceptors (Lipinski definition) is 3. The Balaban J connectivity index is 2.47. The third kappa shape index (κ3) is 6.27. The highest BCUT2D eigenvalue weighted by Crippen LogP contribution is 2.17. The fourth-order valence-corrected chi connectivity index (χ4v) is 1.82. The van der Waals surface area contributed by atoms with Gasteiger partial charge in [0.15, 0.2) is 11.2 Å². The van der Waals surface area contributed by atoms with Crippen molar-refractivity contribution in [2.45, 2.75) is 26.9 Å². The van der Waals surface area contributed by atoms with Gasteiger partial charge < -0.3 is 10.1 Å². The van der Waals surface area contributed by atoms with Gasteiger partial charge in [0.05, 0.1) is 0 Å². The molecule has 3 N–H and O–H groups in total. The van der Waals surface area contributed by atoms with Crippen molar-refractivity contribution < 1.29 is 9.53 Å². The van der Waals surface area contributed by atoms with Gasteiger partial charge in [-0.1, -0.05) is 12.1 Å². The van der Waals surface area contributed by atoms with E-state index in [0.29, 0.717) is 17.4 Å². The minimum Gasteiger partial charge on any atom is -0.481 e. The Morgan fingerprint density at radius 3 is 2.52 bits per heavy atom. The van der Waals surface area contributed by atoms with E-state index in [9.17, 15) is 4.79 Å². The van der Waals surface area contributed by atoms with Crippen LogP contribution >= 0.6 is 12.2 Å². The number of hydrogen-bond donors (Lipinski definition) is 3. The molecule has 0 aromatic heterocycles. The maximum atomic E-state index is 11.9. The summed E-state index contributed by atoms with van der Waals surface area (Å²) in [5.41, 5.74) is 7.27. The average Bonchev–Trinajstić information content (AvgIpc) is 2.41. The second-order valence-corrected chi connectivity index (χ2v) is 5.10. The molecule has 0 heterocycles. The highest BCUT2D eigenvalue weighted by molar-refractivity contribution is 7.80. The van der Waals surface area contributed by atoms with E-state index in [1.807, 2.05) is 32.0 Å². The number of benzene rings is 1. The summed E-state index contributed by atoms with van der Waals surface area (Å²) in [4.78, 5) is 11.9. The summed E-state index contributed by atoms with van der Waals surface area (Å²) in [5, 5.41) is 3.16. The van der Waals surface area contributed by atoms with Crippen molar-refractivity contribution in [1.29, 1.82) is 0 Å². The topological polar surface area (TPSA) is 62.4 Å². The monoisotopic (exact) mass is 307 g/mol. The summed E-state index contributed by atoms with van der Waals surface area (Å²) in [6.45, 7) is 9.72. The number of aryl methyl sites for hydroxylation is 2. The molecule has 1 atom stereocenters. The number of rotatable bonds is 5. The Bertz CT molecular complexity index is 511. The Kier molecular flexibility index (Phi) is 6.68. The van der Waals surface area contributed by atoms with Crippen molar-refractivity contribution in [1.82, 2.24) is 16.2 Å². The summed E-state index contributed by atoms with van der Waals surface area (Å²) in [6.07, 6.45) is 1.03. The molecule has 1 unspecified atom stereocenters. The number of ether oxygens (including phenoxy) is 1. The van der Waals surface area contributed by atoms with Crippen molar-refractivity contribution in [3.05, 3.63) is 42.0 Å². The van der Waals surface area contributed by atoms with Crippen LogP contribution in [0.3, 0.4) is 0 Å². The van der Waals surface area contributed by atoms with Crippen molar-refractivity contribution in [3.8, 4) is 5.75 Å². The first-order valence-electron chi connectivity index (χ1n) is 6.62. The van der Waals surface area contributed by atoms with Gasteiger partial charge in [0.1, 0.15) is 5.75 Å². The van der Waals surface area contributed by atoms with Crippen LogP contribution in [0.15, 0.2) is 30.9 Å². The second kappa shape index (κ2) is 8.26. The van der Waals surface area contributed by atoms with Crippen molar-refractivity contribution in [2.75, 3.05) is 6.54 Å². The first-order valence-corrected chi connectivity index (χ1v) is 7.02. The molecule has 0 radical (unpaired) electrons. The third-order valence-electron chi connectivity index (χ3n) is 2.58. The summed E-state index contributed by atoms with van der Waals surface area (Å²) < 4.78 is 5.62. The van der Waals surface area contributed by atoms with Gasteiger partial charge in [0, 0.05) is 6.54 Å². The van der Waals surface area contributed by atoms with Gasteiger partial charge in [-0.2, -0.15) is 0 Å². The Morgan fingerprint density at radius 2 is 1.95 bits per heavy atom. The van der Waals surface area contributed by atoms with Crippen molar-refractivity contribution in [2.24, 2.45) is 0 Å².